The summed E-state index contributed by atoms with van der Waals surface area (Å²) in [6.45, 7) is 5.35. The van der Waals surface area contributed by atoms with Gasteiger partial charge in [-0.25, -0.2) is 19.1 Å². The molecule has 2 aromatic carbocycles. The molecule has 2 fully saturated rings. The Kier molecular flexibility index (Phi) is 6.00. The van der Waals surface area contributed by atoms with E-state index in [1.165, 1.54) is 29.2 Å². The van der Waals surface area contributed by atoms with Crippen LogP contribution in [0.1, 0.15) is 26.7 Å². The van der Waals surface area contributed by atoms with Crippen molar-refractivity contribution >= 4 is 35.0 Å². The zero-order valence-electron chi connectivity index (χ0n) is 21.7. The lowest BCUT2D eigenvalue weighted by Gasteiger charge is -2.25. The Morgan fingerprint density at radius 1 is 1.10 bits per heavy atom. The number of nitrogens with two attached hydrogens (primary N) is 1. The first kappa shape index (κ1) is 24.9. The first-order chi connectivity index (χ1) is 18.7. The highest BCUT2D eigenvalue weighted by Gasteiger charge is 2.49. The number of hydrogen-bond acceptors (Lipinski definition) is 6. The standard InChI is InChI=1S/C28H29FN6O4/c1-16(2)24-27(37)34(18-7-5-17(29)6-8-18)28(38)35(24)23-15-32-12-13-39-22-14-19(9-10-20(22)26(32)31-23)33-11-3-4-21(33)25(30)36/h5-10,14-16,21,24H,3-4,11-13H2,1-2H3,(H2,30,36)/t21-,24+/m0/s1. The lowest BCUT2D eigenvalue weighted by atomic mass is 10.0. The van der Waals surface area contributed by atoms with E-state index >= 15 is 0 Å². The van der Waals surface area contributed by atoms with Crippen molar-refractivity contribution in [1.82, 2.24) is 9.55 Å². The van der Waals surface area contributed by atoms with Gasteiger partial charge in [0.25, 0.3) is 5.91 Å². The van der Waals surface area contributed by atoms with Gasteiger partial charge < -0.3 is 19.9 Å². The summed E-state index contributed by atoms with van der Waals surface area (Å²) in [5.41, 5.74) is 7.52. The predicted molar refractivity (Wildman–Crippen MR) is 143 cm³/mol. The van der Waals surface area contributed by atoms with Crippen LogP contribution in [0, 0.1) is 11.7 Å². The van der Waals surface area contributed by atoms with Gasteiger partial charge in [-0.2, -0.15) is 0 Å². The van der Waals surface area contributed by atoms with Gasteiger partial charge in [0.2, 0.25) is 5.91 Å². The van der Waals surface area contributed by atoms with Gasteiger partial charge in [-0.15, -0.1) is 0 Å². The van der Waals surface area contributed by atoms with Crippen molar-refractivity contribution in [2.45, 2.75) is 45.3 Å². The lowest BCUT2D eigenvalue weighted by molar-refractivity contribution is -0.119. The summed E-state index contributed by atoms with van der Waals surface area (Å²) in [5, 5.41) is 0. The number of halogens is 1. The van der Waals surface area contributed by atoms with Crippen LogP contribution in [0.3, 0.4) is 0 Å². The van der Waals surface area contributed by atoms with Crippen molar-refractivity contribution < 1.29 is 23.5 Å². The predicted octanol–water partition coefficient (Wildman–Crippen LogP) is 3.53. The van der Waals surface area contributed by atoms with Crippen LogP contribution in [-0.4, -0.2) is 52.6 Å². The third-order valence-electron chi connectivity index (χ3n) is 7.58. The molecule has 0 bridgehead atoms. The monoisotopic (exact) mass is 532 g/mol. The minimum Gasteiger partial charge on any atom is -0.491 e. The van der Waals surface area contributed by atoms with Crippen LogP contribution in [0.4, 0.5) is 26.4 Å². The molecule has 1 aromatic heterocycles. The van der Waals surface area contributed by atoms with E-state index in [9.17, 15) is 18.8 Å². The van der Waals surface area contributed by atoms with Gasteiger partial charge in [0.05, 0.1) is 17.8 Å². The minimum absolute atomic E-state index is 0.190. The van der Waals surface area contributed by atoms with Crippen molar-refractivity contribution in [2.75, 3.05) is 27.9 Å². The summed E-state index contributed by atoms with van der Waals surface area (Å²) in [6, 6.07) is 9.36. The van der Waals surface area contributed by atoms with Crippen LogP contribution in [0.5, 0.6) is 5.75 Å². The van der Waals surface area contributed by atoms with Crippen LogP contribution >= 0.6 is 0 Å². The molecule has 11 heteroatoms. The number of aromatic nitrogens is 2. The number of urea groups is 1. The van der Waals surface area contributed by atoms with Gasteiger partial charge in [0, 0.05) is 24.5 Å². The summed E-state index contributed by atoms with van der Waals surface area (Å²) >= 11 is 0. The van der Waals surface area contributed by atoms with Crippen LogP contribution in [-0.2, 0) is 16.1 Å². The summed E-state index contributed by atoms with van der Waals surface area (Å²) in [6.07, 6.45) is 3.36. The molecule has 10 nitrogen and oxygen atoms in total. The normalized spacial score (nSPS) is 20.8. The molecule has 0 saturated carbocycles. The quantitative estimate of drug-likeness (QED) is 0.503. The van der Waals surface area contributed by atoms with Gasteiger partial charge in [-0.05, 0) is 55.2 Å². The van der Waals surface area contributed by atoms with Crippen LogP contribution in [0.2, 0.25) is 0 Å². The topological polar surface area (TPSA) is 114 Å². The number of anilines is 3. The SMILES string of the molecule is CC(C)[C@@H]1C(=O)N(c2ccc(F)cc2)C(=O)N1c1cn2c(n1)-c1ccc(N3CCC[C@H]3C(N)=O)cc1OCC2. The maximum Gasteiger partial charge on any atom is 0.337 e. The number of benzene rings is 2. The molecule has 0 unspecified atom stereocenters. The van der Waals surface area contributed by atoms with E-state index in [4.69, 9.17) is 15.5 Å². The van der Waals surface area contributed by atoms with E-state index in [0.717, 1.165) is 35.5 Å². The molecule has 39 heavy (non-hydrogen) atoms. The number of nitrogens with zero attached hydrogens (tertiary/aromatic N) is 5. The number of fused-ring (bicyclic) bond motifs is 3. The summed E-state index contributed by atoms with van der Waals surface area (Å²) in [4.78, 5) is 48.4. The number of imide groups is 1. The van der Waals surface area contributed by atoms with E-state index in [1.807, 2.05) is 41.5 Å². The molecule has 4 heterocycles. The molecule has 2 saturated heterocycles. The highest BCUT2D eigenvalue weighted by atomic mass is 19.1. The third kappa shape index (κ3) is 4.08. The average Bonchev–Trinajstić information content (AvgIpc) is 3.59. The van der Waals surface area contributed by atoms with Crippen molar-refractivity contribution in [3.05, 3.63) is 54.5 Å². The molecule has 4 amide bonds. The summed E-state index contributed by atoms with van der Waals surface area (Å²) in [5.74, 6) is 0.222. The molecule has 0 radical (unpaired) electrons. The van der Waals surface area contributed by atoms with Crippen molar-refractivity contribution in [2.24, 2.45) is 11.7 Å². The smallest absolute Gasteiger partial charge is 0.337 e. The van der Waals surface area contributed by atoms with Crippen LogP contribution in [0.15, 0.2) is 48.7 Å². The Morgan fingerprint density at radius 3 is 2.56 bits per heavy atom. The molecule has 202 valence electrons. The largest absolute Gasteiger partial charge is 0.491 e. The number of primary amides is 1. The Labute approximate surface area is 224 Å². The molecule has 2 N–H and O–H groups in total. The highest BCUT2D eigenvalue weighted by Crippen LogP contribution is 2.39. The average molecular weight is 533 g/mol. The molecule has 3 aliphatic heterocycles. The Balaban J connectivity index is 1.37. The number of carbonyl (C=O) groups excluding carboxylic acids is 3. The molecule has 3 aromatic rings. The van der Waals surface area contributed by atoms with Crippen molar-refractivity contribution in [3.63, 3.8) is 0 Å². The fourth-order valence-corrected chi connectivity index (χ4v) is 5.74. The first-order valence-electron chi connectivity index (χ1n) is 13.1. The van der Waals surface area contributed by atoms with Crippen LogP contribution < -0.4 is 25.2 Å². The number of hydrogen-bond donors (Lipinski definition) is 1. The molecular weight excluding hydrogens is 503 g/mol. The van der Waals surface area contributed by atoms with Crippen LogP contribution in [0.25, 0.3) is 11.4 Å². The number of carbonyl (C=O) groups is 3. The molecule has 0 aliphatic carbocycles. The second kappa shape index (κ2) is 9.40. The fraction of sp³-hybridized carbons (Fsp3) is 0.357. The fourth-order valence-electron chi connectivity index (χ4n) is 5.74. The number of ether oxygens (including phenoxy) is 1. The van der Waals surface area contributed by atoms with Gasteiger partial charge in [0.1, 0.15) is 36.1 Å². The second-order valence-electron chi connectivity index (χ2n) is 10.4. The van der Waals surface area contributed by atoms with Crippen molar-refractivity contribution in [1.29, 1.82) is 0 Å². The van der Waals surface area contributed by atoms with Gasteiger partial charge >= 0.3 is 6.03 Å². The Hall–Kier alpha value is -4.41. The highest BCUT2D eigenvalue weighted by molar-refractivity contribution is 6.28. The molecule has 2 atom stereocenters. The van der Waals surface area contributed by atoms with E-state index in [-0.39, 0.29) is 23.8 Å². The second-order valence-corrected chi connectivity index (χ2v) is 10.4. The molecular formula is C28H29FN6O4. The number of amides is 4. The van der Waals surface area contributed by atoms with E-state index in [0.29, 0.717) is 36.2 Å². The first-order valence-corrected chi connectivity index (χ1v) is 13.1. The van der Waals surface area contributed by atoms with E-state index < -0.39 is 17.9 Å². The zero-order chi connectivity index (χ0) is 27.4. The lowest BCUT2D eigenvalue weighted by Crippen LogP contribution is -2.40. The number of rotatable bonds is 5. The maximum absolute atomic E-state index is 13.6. The number of imidazole rings is 1. The van der Waals surface area contributed by atoms with E-state index in [1.54, 1.807) is 6.20 Å². The Morgan fingerprint density at radius 2 is 1.85 bits per heavy atom. The maximum atomic E-state index is 13.6. The molecule has 0 spiro atoms. The van der Waals surface area contributed by atoms with E-state index in [2.05, 4.69) is 0 Å². The molecule has 6 rings (SSSR count). The zero-order valence-corrected chi connectivity index (χ0v) is 21.7. The van der Waals surface area contributed by atoms with Gasteiger partial charge in [0.15, 0.2) is 5.82 Å². The molecule has 3 aliphatic rings. The van der Waals surface area contributed by atoms with Gasteiger partial charge in [-0.3, -0.25) is 14.5 Å². The summed E-state index contributed by atoms with van der Waals surface area (Å²) in [7, 11) is 0. The minimum atomic E-state index is -0.763. The summed E-state index contributed by atoms with van der Waals surface area (Å²) < 4.78 is 21.5. The van der Waals surface area contributed by atoms with Crippen molar-refractivity contribution in [3.8, 4) is 17.1 Å². The van der Waals surface area contributed by atoms with Gasteiger partial charge in [-0.1, -0.05) is 13.8 Å². The third-order valence-corrected chi connectivity index (χ3v) is 7.58. The Bertz CT molecular complexity index is 1470.